The zero-order valence-corrected chi connectivity index (χ0v) is 18.4. The Labute approximate surface area is 176 Å². The number of hydrogen-bond donors (Lipinski definition) is 2. The number of methoxy groups -OCH3 is 1. The van der Waals surface area contributed by atoms with Crippen molar-refractivity contribution in [2.75, 3.05) is 27.8 Å². The highest BCUT2D eigenvalue weighted by Crippen LogP contribution is 2.39. The first-order chi connectivity index (χ1) is 13.2. The van der Waals surface area contributed by atoms with Gasteiger partial charge in [-0.25, -0.2) is 0 Å². The average molecular weight is 505 g/mol. The molecular formula is C18H24IN3O6. The number of nitrogens with zero attached hydrogens (tertiary/aromatic N) is 2. The van der Waals surface area contributed by atoms with Crippen molar-refractivity contribution < 1.29 is 24.2 Å². The van der Waals surface area contributed by atoms with Gasteiger partial charge in [0.1, 0.15) is 5.69 Å². The van der Waals surface area contributed by atoms with Crippen LogP contribution in [-0.4, -0.2) is 60.0 Å². The fourth-order valence-corrected chi connectivity index (χ4v) is 4.23. The van der Waals surface area contributed by atoms with E-state index < -0.39 is 29.3 Å². The average Bonchev–Trinajstić information content (AvgIpc) is 3.01. The third kappa shape index (κ3) is 3.93. The molecule has 154 valence electrons. The van der Waals surface area contributed by atoms with Crippen molar-refractivity contribution >= 4 is 40.2 Å². The second kappa shape index (κ2) is 9.03. The van der Waals surface area contributed by atoms with Gasteiger partial charge in [-0.1, -0.05) is 6.92 Å². The monoisotopic (exact) mass is 505 g/mol. The van der Waals surface area contributed by atoms with Crippen molar-refractivity contribution in [3.8, 4) is 5.75 Å². The Bertz CT molecular complexity index is 864. The van der Waals surface area contributed by atoms with Crippen LogP contribution in [-0.2, 0) is 9.59 Å². The van der Waals surface area contributed by atoms with Gasteiger partial charge in [-0.2, -0.15) is 0 Å². The molecule has 10 heteroatoms. The van der Waals surface area contributed by atoms with Crippen LogP contribution in [0.3, 0.4) is 0 Å². The zero-order chi connectivity index (χ0) is 21.2. The number of ether oxygens (including phenoxy) is 1. The predicted molar refractivity (Wildman–Crippen MR) is 110 cm³/mol. The largest absolute Gasteiger partial charge is 0.491 e. The summed E-state index contributed by atoms with van der Waals surface area (Å²) in [5.41, 5.74) is 0.0508. The van der Waals surface area contributed by atoms with Crippen molar-refractivity contribution in [2.45, 2.75) is 38.3 Å². The number of nitrogens with one attached hydrogen (secondary N) is 1. The van der Waals surface area contributed by atoms with Crippen LogP contribution >= 0.6 is 22.6 Å². The third-order valence-corrected chi connectivity index (χ3v) is 5.65. The second-order valence-corrected chi connectivity index (χ2v) is 7.83. The van der Waals surface area contributed by atoms with Crippen LogP contribution in [0.25, 0.3) is 0 Å². The first-order valence-electron chi connectivity index (χ1n) is 8.87. The summed E-state index contributed by atoms with van der Waals surface area (Å²) < 4.78 is 7.11. The molecule has 1 aromatic rings. The molecule has 0 aliphatic carbocycles. The molecule has 0 fully saturated rings. The molecule has 0 saturated heterocycles. The van der Waals surface area contributed by atoms with E-state index in [0.29, 0.717) is 12.1 Å². The molecule has 2 heterocycles. The number of aliphatic hydroxyl groups excluding tert-OH is 1. The molecule has 0 aromatic carbocycles. The Morgan fingerprint density at radius 3 is 2.50 bits per heavy atom. The minimum Gasteiger partial charge on any atom is -0.491 e. The number of likely N-dealkylation sites (N-methyl/N-ethyl adjacent to an activating group) is 1. The highest BCUT2D eigenvalue weighted by atomic mass is 127. The molecule has 9 nitrogen and oxygen atoms in total. The molecule has 2 amide bonds. The first-order valence-corrected chi connectivity index (χ1v) is 9.95. The van der Waals surface area contributed by atoms with Gasteiger partial charge in [0.2, 0.25) is 5.43 Å². The van der Waals surface area contributed by atoms with E-state index in [-0.39, 0.29) is 40.2 Å². The molecule has 1 unspecified atom stereocenters. The number of halogens is 1. The van der Waals surface area contributed by atoms with Gasteiger partial charge in [-0.3, -0.25) is 19.2 Å². The fraction of sp³-hybridized carbons (Fsp3) is 0.556. The van der Waals surface area contributed by atoms with Gasteiger partial charge in [0, 0.05) is 20.5 Å². The molecule has 2 rings (SSSR count). The summed E-state index contributed by atoms with van der Waals surface area (Å²) >= 11 is 1.85. The summed E-state index contributed by atoms with van der Waals surface area (Å²) in [6.45, 7) is 1.55. The maximum atomic E-state index is 12.8. The summed E-state index contributed by atoms with van der Waals surface area (Å²) in [7, 11) is 4.24. The summed E-state index contributed by atoms with van der Waals surface area (Å²) in [6.07, 6.45) is 1.04. The van der Waals surface area contributed by atoms with Gasteiger partial charge in [0.25, 0.3) is 0 Å². The quantitative estimate of drug-likeness (QED) is 0.333. The van der Waals surface area contributed by atoms with E-state index in [4.69, 9.17) is 4.74 Å². The van der Waals surface area contributed by atoms with E-state index >= 15 is 0 Å². The molecule has 2 N–H and O–H groups in total. The number of rotatable bonds is 6. The number of fused-ring (bicyclic) bond motifs is 1. The summed E-state index contributed by atoms with van der Waals surface area (Å²) in [5.74, 6) is -1.89. The third-order valence-electron chi connectivity index (χ3n) is 4.61. The van der Waals surface area contributed by atoms with Crippen molar-refractivity contribution in [1.82, 2.24) is 14.8 Å². The van der Waals surface area contributed by atoms with Crippen LogP contribution in [0.1, 0.15) is 54.5 Å². The van der Waals surface area contributed by atoms with E-state index in [0.717, 1.165) is 4.90 Å². The molecular weight excluding hydrogens is 481 g/mol. The number of Topliss-reactive ketones (excluding diaryl/α,β-unsaturated/α-hetero) is 1. The lowest BCUT2D eigenvalue weighted by atomic mass is 10.1. The Morgan fingerprint density at radius 2 is 2.00 bits per heavy atom. The fourth-order valence-electron chi connectivity index (χ4n) is 3.35. The number of carbonyl (C=O) groups excluding carboxylic acids is 3. The standard InChI is InChI=1S/C18H24IN3O6/c1-5-6-11(24)14-16(28-4)15(25)12(19)13-10(7-9(8-23)22(13)14)20-17(26)18(27)21(2)3/h9-10,23H,5-8H2,1-4H3,(H,20,26)/t9-,10?/m0/s1. The number of carbonyl (C=O) groups is 3. The number of aliphatic hydroxyl groups is 1. The normalized spacial score (nSPS) is 17.8. The van der Waals surface area contributed by atoms with Crippen molar-refractivity contribution in [3.05, 3.63) is 25.2 Å². The van der Waals surface area contributed by atoms with Gasteiger partial charge >= 0.3 is 11.8 Å². The van der Waals surface area contributed by atoms with Crippen LogP contribution in [0.4, 0.5) is 0 Å². The predicted octanol–water partition coefficient (Wildman–Crippen LogP) is 0.627. The molecule has 28 heavy (non-hydrogen) atoms. The highest BCUT2D eigenvalue weighted by Gasteiger charge is 2.39. The topological polar surface area (TPSA) is 118 Å². The van der Waals surface area contributed by atoms with E-state index in [1.807, 2.05) is 29.5 Å². The van der Waals surface area contributed by atoms with E-state index in [1.54, 1.807) is 4.57 Å². The molecule has 1 aliphatic rings. The van der Waals surface area contributed by atoms with Gasteiger partial charge in [0.05, 0.1) is 35.1 Å². The molecule has 0 spiro atoms. The summed E-state index contributed by atoms with van der Waals surface area (Å²) in [4.78, 5) is 50.9. The molecule has 1 aromatic heterocycles. The number of amides is 2. The second-order valence-electron chi connectivity index (χ2n) is 6.75. The van der Waals surface area contributed by atoms with Crippen LogP contribution in [0.2, 0.25) is 0 Å². The Hall–Kier alpha value is -1.95. The van der Waals surface area contributed by atoms with E-state index in [2.05, 4.69) is 5.32 Å². The van der Waals surface area contributed by atoms with Crippen LogP contribution in [0.5, 0.6) is 5.75 Å². The lowest BCUT2D eigenvalue weighted by molar-refractivity contribution is -0.144. The lowest BCUT2D eigenvalue weighted by Crippen LogP contribution is -2.41. The summed E-state index contributed by atoms with van der Waals surface area (Å²) in [6, 6.07) is -1.22. The van der Waals surface area contributed by atoms with E-state index in [9.17, 15) is 24.3 Å². The molecule has 2 atom stereocenters. The van der Waals surface area contributed by atoms with Gasteiger partial charge < -0.3 is 24.6 Å². The Kier molecular flexibility index (Phi) is 7.21. The number of pyridine rings is 1. The van der Waals surface area contributed by atoms with Crippen LogP contribution in [0.15, 0.2) is 4.79 Å². The molecule has 1 aliphatic heterocycles. The van der Waals surface area contributed by atoms with Crippen molar-refractivity contribution in [2.24, 2.45) is 0 Å². The van der Waals surface area contributed by atoms with Crippen LogP contribution < -0.4 is 15.5 Å². The van der Waals surface area contributed by atoms with Crippen molar-refractivity contribution in [3.63, 3.8) is 0 Å². The minimum absolute atomic E-state index is 0.0682. The Morgan fingerprint density at radius 1 is 1.36 bits per heavy atom. The number of ketones is 1. The minimum atomic E-state index is -0.819. The maximum Gasteiger partial charge on any atom is 0.311 e. The van der Waals surface area contributed by atoms with Gasteiger partial charge in [-0.05, 0) is 35.4 Å². The van der Waals surface area contributed by atoms with Gasteiger partial charge in [-0.15, -0.1) is 0 Å². The first kappa shape index (κ1) is 22.3. The molecule has 0 bridgehead atoms. The molecule has 0 saturated carbocycles. The lowest BCUT2D eigenvalue weighted by Gasteiger charge is -2.21. The molecule has 0 radical (unpaired) electrons. The van der Waals surface area contributed by atoms with Gasteiger partial charge in [0.15, 0.2) is 11.5 Å². The summed E-state index contributed by atoms with van der Waals surface area (Å²) in [5, 5.41) is 12.5. The SMILES string of the molecule is CCCC(=O)c1c(OC)c(=O)c(I)c2n1[C@H](CO)CC2NC(=O)C(=O)N(C)C. The number of aromatic nitrogens is 1. The highest BCUT2D eigenvalue weighted by molar-refractivity contribution is 14.1. The van der Waals surface area contributed by atoms with E-state index in [1.165, 1.54) is 21.2 Å². The van der Waals surface area contributed by atoms with Crippen LogP contribution in [0, 0.1) is 3.57 Å². The Balaban J connectivity index is 2.66. The van der Waals surface area contributed by atoms with Crippen molar-refractivity contribution in [1.29, 1.82) is 0 Å². The zero-order valence-electron chi connectivity index (χ0n) is 16.2. The smallest absolute Gasteiger partial charge is 0.311 e. The maximum absolute atomic E-state index is 12.8. The number of hydrogen-bond acceptors (Lipinski definition) is 6.